The monoisotopic (exact) mass is 309 g/mol. The van der Waals surface area contributed by atoms with Crippen molar-refractivity contribution in [1.29, 1.82) is 5.26 Å². The highest BCUT2D eigenvalue weighted by atomic mass is 16.5. The Kier molecular flexibility index (Phi) is 5.65. The van der Waals surface area contributed by atoms with Crippen LogP contribution < -0.4 is 9.47 Å². The molecule has 1 atom stereocenters. The van der Waals surface area contributed by atoms with Crippen LogP contribution >= 0.6 is 0 Å². The van der Waals surface area contributed by atoms with Crippen molar-refractivity contribution in [3.8, 4) is 17.6 Å². The van der Waals surface area contributed by atoms with Crippen molar-refractivity contribution in [1.82, 2.24) is 0 Å². The lowest BCUT2D eigenvalue weighted by atomic mass is 9.95. The second-order valence-corrected chi connectivity index (χ2v) is 5.89. The summed E-state index contributed by atoms with van der Waals surface area (Å²) in [7, 11) is 1.63. The third-order valence-corrected chi connectivity index (χ3v) is 3.79. The zero-order valence-electron chi connectivity index (χ0n) is 14.2. The Morgan fingerprint density at radius 2 is 1.70 bits per heavy atom. The molecule has 0 fully saturated rings. The van der Waals surface area contributed by atoms with E-state index in [9.17, 15) is 5.26 Å². The van der Waals surface area contributed by atoms with Gasteiger partial charge in [-0.1, -0.05) is 23.8 Å². The molecule has 2 aromatic rings. The molecule has 2 rings (SSSR count). The second kappa shape index (κ2) is 7.69. The molecule has 0 amide bonds. The van der Waals surface area contributed by atoms with Gasteiger partial charge in [0.25, 0.3) is 0 Å². The van der Waals surface area contributed by atoms with Gasteiger partial charge in [-0.15, -0.1) is 0 Å². The lowest BCUT2D eigenvalue weighted by molar-refractivity contribution is 0.304. The minimum atomic E-state index is -0.240. The number of aryl methyl sites for hydroxylation is 3. The van der Waals surface area contributed by atoms with Gasteiger partial charge in [-0.2, -0.15) is 5.26 Å². The molecule has 0 spiro atoms. The highest BCUT2D eigenvalue weighted by molar-refractivity contribution is 5.42. The molecule has 0 bridgehead atoms. The summed E-state index contributed by atoms with van der Waals surface area (Å²) in [4.78, 5) is 0. The van der Waals surface area contributed by atoms with E-state index >= 15 is 0 Å². The van der Waals surface area contributed by atoms with Crippen LogP contribution in [0.5, 0.6) is 11.5 Å². The summed E-state index contributed by atoms with van der Waals surface area (Å²) >= 11 is 0. The van der Waals surface area contributed by atoms with Gasteiger partial charge < -0.3 is 9.47 Å². The zero-order valence-corrected chi connectivity index (χ0v) is 14.2. The molecule has 120 valence electrons. The van der Waals surface area contributed by atoms with E-state index in [1.54, 1.807) is 7.11 Å². The summed E-state index contributed by atoms with van der Waals surface area (Å²) in [6.45, 7) is 6.62. The van der Waals surface area contributed by atoms with E-state index in [-0.39, 0.29) is 5.92 Å². The lowest BCUT2D eigenvalue weighted by Crippen LogP contribution is -2.06. The molecule has 0 N–H and O–H groups in total. The van der Waals surface area contributed by atoms with Gasteiger partial charge in [0.15, 0.2) is 0 Å². The summed E-state index contributed by atoms with van der Waals surface area (Å²) < 4.78 is 11.2. The van der Waals surface area contributed by atoms with Crippen LogP contribution in [-0.4, -0.2) is 13.7 Å². The summed E-state index contributed by atoms with van der Waals surface area (Å²) in [6, 6.07) is 14.4. The number of nitriles is 1. The fraction of sp³-hybridized carbons (Fsp3) is 0.350. The predicted octanol–water partition coefficient (Wildman–Crippen LogP) is 4.70. The van der Waals surface area contributed by atoms with Gasteiger partial charge >= 0.3 is 0 Å². The molecule has 0 aromatic heterocycles. The van der Waals surface area contributed by atoms with Gasteiger partial charge in [-0.3, -0.25) is 0 Å². The van der Waals surface area contributed by atoms with E-state index in [1.807, 2.05) is 37.3 Å². The Morgan fingerprint density at radius 1 is 1.00 bits per heavy atom. The molecule has 3 nitrogen and oxygen atoms in total. The Morgan fingerprint density at radius 3 is 2.30 bits per heavy atom. The van der Waals surface area contributed by atoms with Gasteiger partial charge in [-0.25, -0.2) is 0 Å². The highest BCUT2D eigenvalue weighted by Crippen LogP contribution is 2.30. The van der Waals surface area contributed by atoms with E-state index in [0.29, 0.717) is 13.0 Å². The van der Waals surface area contributed by atoms with E-state index in [1.165, 1.54) is 11.1 Å². The Balaban J connectivity index is 2.06. The number of methoxy groups -OCH3 is 1. The van der Waals surface area contributed by atoms with Crippen LogP contribution in [0.15, 0.2) is 36.4 Å². The van der Waals surface area contributed by atoms with Gasteiger partial charge in [-0.05, 0) is 50.1 Å². The first-order valence-electron chi connectivity index (χ1n) is 7.78. The van der Waals surface area contributed by atoms with Crippen molar-refractivity contribution in [3.63, 3.8) is 0 Å². The molecular formula is C20H23NO2. The third kappa shape index (κ3) is 4.50. The predicted molar refractivity (Wildman–Crippen MR) is 92.1 cm³/mol. The largest absolute Gasteiger partial charge is 0.496 e. The number of hydrogen-bond donors (Lipinski definition) is 0. The number of ether oxygens (including phenoxy) is 2. The van der Waals surface area contributed by atoms with E-state index in [2.05, 4.69) is 26.0 Å². The van der Waals surface area contributed by atoms with E-state index < -0.39 is 0 Å². The van der Waals surface area contributed by atoms with Gasteiger partial charge in [0.1, 0.15) is 11.5 Å². The molecule has 0 heterocycles. The van der Waals surface area contributed by atoms with Crippen LogP contribution in [0.25, 0.3) is 0 Å². The SMILES string of the molecule is COc1ccc(C)cc1C(C#N)CCOc1cc(C)cc(C)c1. The maximum Gasteiger partial charge on any atom is 0.123 e. The maximum absolute atomic E-state index is 9.51. The molecule has 2 aromatic carbocycles. The minimum Gasteiger partial charge on any atom is -0.496 e. The summed E-state index contributed by atoms with van der Waals surface area (Å²) in [5.74, 6) is 1.37. The normalized spacial score (nSPS) is 11.6. The highest BCUT2D eigenvalue weighted by Gasteiger charge is 2.16. The molecular weight excluding hydrogens is 286 g/mol. The average molecular weight is 309 g/mol. The Bertz CT molecular complexity index is 696. The zero-order chi connectivity index (χ0) is 16.8. The average Bonchev–Trinajstić information content (AvgIpc) is 2.50. The molecule has 0 radical (unpaired) electrons. The Labute approximate surface area is 138 Å². The van der Waals surface area contributed by atoms with Crippen molar-refractivity contribution in [3.05, 3.63) is 58.7 Å². The molecule has 0 aliphatic carbocycles. The molecule has 3 heteroatoms. The van der Waals surface area contributed by atoms with Gasteiger partial charge in [0, 0.05) is 12.0 Å². The topological polar surface area (TPSA) is 42.2 Å². The molecule has 0 aliphatic rings. The quantitative estimate of drug-likeness (QED) is 0.777. The first-order valence-corrected chi connectivity index (χ1v) is 7.78. The summed E-state index contributed by atoms with van der Waals surface area (Å²) in [5.41, 5.74) is 4.41. The maximum atomic E-state index is 9.51. The van der Waals surface area contributed by atoms with Crippen LogP contribution in [0, 0.1) is 32.1 Å². The third-order valence-electron chi connectivity index (χ3n) is 3.79. The molecule has 1 unspecified atom stereocenters. The number of rotatable bonds is 6. The first-order chi connectivity index (χ1) is 11.0. The van der Waals surface area contributed by atoms with Crippen LogP contribution in [-0.2, 0) is 0 Å². The standard InChI is InChI=1S/C20H23NO2/c1-14-5-6-20(22-4)19(12-14)17(13-21)7-8-23-18-10-15(2)9-16(3)11-18/h5-6,9-12,17H,7-8H2,1-4H3. The molecule has 0 saturated carbocycles. The Hall–Kier alpha value is -2.47. The van der Waals surface area contributed by atoms with Crippen molar-refractivity contribution >= 4 is 0 Å². The van der Waals surface area contributed by atoms with Crippen molar-refractivity contribution in [2.24, 2.45) is 0 Å². The van der Waals surface area contributed by atoms with Crippen LogP contribution in [0.3, 0.4) is 0 Å². The second-order valence-electron chi connectivity index (χ2n) is 5.89. The van der Waals surface area contributed by atoms with E-state index in [0.717, 1.165) is 22.6 Å². The number of hydrogen-bond acceptors (Lipinski definition) is 3. The first kappa shape index (κ1) is 16.9. The van der Waals surface area contributed by atoms with Crippen LogP contribution in [0.1, 0.15) is 34.6 Å². The molecule has 0 saturated heterocycles. The van der Waals surface area contributed by atoms with Crippen molar-refractivity contribution in [2.45, 2.75) is 33.1 Å². The molecule has 23 heavy (non-hydrogen) atoms. The van der Waals surface area contributed by atoms with Crippen molar-refractivity contribution < 1.29 is 9.47 Å². The lowest BCUT2D eigenvalue weighted by Gasteiger charge is -2.15. The minimum absolute atomic E-state index is 0.240. The molecule has 0 aliphatic heterocycles. The number of nitrogens with zero attached hydrogens (tertiary/aromatic N) is 1. The van der Waals surface area contributed by atoms with Gasteiger partial charge in [0.2, 0.25) is 0 Å². The van der Waals surface area contributed by atoms with Crippen LogP contribution in [0.4, 0.5) is 0 Å². The van der Waals surface area contributed by atoms with E-state index in [4.69, 9.17) is 9.47 Å². The van der Waals surface area contributed by atoms with Gasteiger partial charge in [0.05, 0.1) is 25.7 Å². The smallest absolute Gasteiger partial charge is 0.123 e. The summed E-state index contributed by atoms with van der Waals surface area (Å²) in [5, 5.41) is 9.51. The summed E-state index contributed by atoms with van der Waals surface area (Å²) in [6.07, 6.45) is 0.628. The van der Waals surface area contributed by atoms with Crippen LogP contribution in [0.2, 0.25) is 0 Å². The fourth-order valence-electron chi connectivity index (χ4n) is 2.73. The van der Waals surface area contributed by atoms with Crippen molar-refractivity contribution in [2.75, 3.05) is 13.7 Å². The fourth-order valence-corrected chi connectivity index (χ4v) is 2.73. The number of benzene rings is 2.